The molecule has 218 valence electrons. The van der Waals surface area contributed by atoms with Gasteiger partial charge in [0.25, 0.3) is 0 Å². The first-order valence-electron chi connectivity index (χ1n) is 16.2. The summed E-state index contributed by atoms with van der Waals surface area (Å²) in [7, 11) is 3.05. The minimum Gasteiger partial charge on any atom is -0.378 e. The van der Waals surface area contributed by atoms with Gasteiger partial charge in [-0.3, -0.25) is 4.90 Å². The summed E-state index contributed by atoms with van der Waals surface area (Å²) in [6, 6.07) is 0.729. The largest absolute Gasteiger partial charge is 0.378 e. The van der Waals surface area contributed by atoms with E-state index in [1.807, 2.05) is 5.57 Å². The van der Waals surface area contributed by atoms with Crippen LogP contribution in [0.1, 0.15) is 58.8 Å². The van der Waals surface area contributed by atoms with Gasteiger partial charge < -0.3 is 4.90 Å². The number of likely N-dealkylation sites (N-methyl/N-ethyl adjacent to an activating group) is 1. The summed E-state index contributed by atoms with van der Waals surface area (Å²) in [5.74, 6) is 8.17. The summed E-state index contributed by atoms with van der Waals surface area (Å²) >= 11 is 4.26. The highest BCUT2D eigenvalue weighted by molar-refractivity contribution is 7.99. The fourth-order valence-electron chi connectivity index (χ4n) is 9.43. The molecule has 2 fully saturated rings. The van der Waals surface area contributed by atoms with Crippen molar-refractivity contribution in [2.45, 2.75) is 89.0 Å². The smallest absolute Gasteiger partial charge is 0.0548 e. The summed E-state index contributed by atoms with van der Waals surface area (Å²) in [4.78, 5) is 5.40. The van der Waals surface area contributed by atoms with Gasteiger partial charge in [0.15, 0.2) is 0 Å². The van der Waals surface area contributed by atoms with Crippen LogP contribution in [0.4, 0.5) is 0 Å². The molecule has 0 amide bonds. The fourth-order valence-corrected chi connectivity index (χ4v) is 15.7. The number of allylic oxidation sites excluding steroid dienone is 6. The predicted molar refractivity (Wildman–Crippen MR) is 180 cm³/mol. The number of thioether (sulfide) groups is 2. The molecule has 0 radical (unpaired) electrons. The molecule has 0 aromatic carbocycles. The van der Waals surface area contributed by atoms with Crippen LogP contribution in [-0.4, -0.2) is 74.1 Å². The van der Waals surface area contributed by atoms with Crippen molar-refractivity contribution in [1.29, 1.82) is 0 Å². The Bertz CT molecular complexity index is 956. The molecule has 0 spiro atoms. The maximum absolute atomic E-state index is 2.94. The van der Waals surface area contributed by atoms with Crippen molar-refractivity contribution >= 4 is 31.6 Å². The molecule has 5 aliphatic rings. The van der Waals surface area contributed by atoms with Crippen molar-refractivity contribution in [2.24, 2.45) is 23.7 Å². The first-order valence-corrected chi connectivity index (χ1v) is 21.7. The van der Waals surface area contributed by atoms with E-state index in [9.17, 15) is 0 Å². The van der Waals surface area contributed by atoms with Crippen LogP contribution < -0.4 is 0 Å². The van der Waals surface area contributed by atoms with Crippen LogP contribution in [0.15, 0.2) is 47.2 Å². The molecule has 0 aliphatic heterocycles. The lowest BCUT2D eigenvalue weighted by Gasteiger charge is -2.44. The van der Waals surface area contributed by atoms with Gasteiger partial charge in [-0.25, -0.2) is 0 Å². The third-order valence-electron chi connectivity index (χ3n) is 11.3. The first kappa shape index (κ1) is 30.1. The zero-order chi connectivity index (χ0) is 27.6. The average molecular weight is 585 g/mol. The Labute approximate surface area is 250 Å². The summed E-state index contributed by atoms with van der Waals surface area (Å²) < 4.78 is 0. The van der Waals surface area contributed by atoms with Gasteiger partial charge in [0.2, 0.25) is 0 Å². The minimum absolute atomic E-state index is 0.717. The second-order valence-corrected chi connectivity index (χ2v) is 21.5. The van der Waals surface area contributed by atoms with Gasteiger partial charge in [-0.1, -0.05) is 69.3 Å². The van der Waals surface area contributed by atoms with Gasteiger partial charge >= 0.3 is 0 Å². The monoisotopic (exact) mass is 584 g/mol. The second-order valence-electron chi connectivity index (χ2n) is 13.6. The van der Waals surface area contributed by atoms with E-state index in [1.54, 1.807) is 11.3 Å². The highest BCUT2D eigenvalue weighted by Crippen LogP contribution is 2.62. The maximum Gasteiger partial charge on any atom is 0.0548 e. The van der Waals surface area contributed by atoms with Crippen molar-refractivity contribution < 1.29 is 0 Å². The molecular formula is C34H56N2S2Si. The first-order chi connectivity index (χ1) is 18.9. The Morgan fingerprint density at radius 3 is 2.18 bits per heavy atom. The van der Waals surface area contributed by atoms with Crippen molar-refractivity contribution in [1.82, 2.24) is 9.80 Å². The zero-order valence-electron chi connectivity index (χ0n) is 25.8. The zero-order valence-corrected chi connectivity index (χ0v) is 28.5. The Balaban J connectivity index is 1.40. The molecule has 7 unspecified atom stereocenters. The third kappa shape index (κ3) is 6.08. The number of hydrogen-bond acceptors (Lipinski definition) is 4. The molecule has 0 bridgehead atoms. The maximum atomic E-state index is 2.94. The molecular weight excluding hydrogens is 529 g/mol. The highest BCUT2D eigenvalue weighted by Gasteiger charge is 2.56. The van der Waals surface area contributed by atoms with Gasteiger partial charge in [0.1, 0.15) is 0 Å². The van der Waals surface area contributed by atoms with E-state index in [0.29, 0.717) is 5.92 Å². The molecule has 0 N–H and O–H groups in total. The lowest BCUT2D eigenvalue weighted by Crippen LogP contribution is -2.43. The van der Waals surface area contributed by atoms with Gasteiger partial charge in [0, 0.05) is 50.4 Å². The molecule has 0 heterocycles. The molecule has 0 aromatic rings. The van der Waals surface area contributed by atoms with Crippen molar-refractivity contribution in [3.05, 3.63) is 47.2 Å². The number of nitrogens with zero attached hydrogens (tertiary/aromatic N) is 2. The summed E-state index contributed by atoms with van der Waals surface area (Å²) in [6.45, 7) is 12.8. The normalized spacial score (nSPS) is 33.8. The number of fused-ring (bicyclic) bond motifs is 3. The molecule has 39 heavy (non-hydrogen) atoms. The van der Waals surface area contributed by atoms with E-state index >= 15 is 0 Å². The molecule has 5 heteroatoms. The van der Waals surface area contributed by atoms with E-state index < -0.39 is 8.07 Å². The van der Waals surface area contributed by atoms with Crippen molar-refractivity contribution in [3.63, 3.8) is 0 Å². The lowest BCUT2D eigenvalue weighted by atomic mass is 9.74. The van der Waals surface area contributed by atoms with Crippen LogP contribution in [0.2, 0.25) is 24.2 Å². The Morgan fingerprint density at radius 1 is 0.846 bits per heavy atom. The lowest BCUT2D eigenvalue weighted by molar-refractivity contribution is 0.191. The van der Waals surface area contributed by atoms with Gasteiger partial charge in [-0.2, -0.15) is 23.5 Å². The van der Waals surface area contributed by atoms with E-state index in [4.69, 9.17) is 0 Å². The molecule has 2 nitrogen and oxygen atoms in total. The van der Waals surface area contributed by atoms with Crippen molar-refractivity contribution in [2.75, 3.05) is 50.2 Å². The number of hydrogen-bond donors (Lipinski definition) is 0. The van der Waals surface area contributed by atoms with E-state index in [0.717, 1.165) is 34.9 Å². The molecule has 7 atom stereocenters. The molecule has 2 saturated carbocycles. The summed E-state index contributed by atoms with van der Waals surface area (Å²) in [6.07, 6.45) is 22.7. The molecule has 5 rings (SSSR count). The molecule has 0 aromatic heterocycles. The third-order valence-corrected chi connectivity index (χ3v) is 18.2. The topological polar surface area (TPSA) is 6.48 Å². The van der Waals surface area contributed by atoms with Crippen LogP contribution in [0, 0.1) is 23.7 Å². The Kier molecular flexibility index (Phi) is 10.3. The fraction of sp³-hybridized carbons (Fsp3) is 0.765. The van der Waals surface area contributed by atoms with Gasteiger partial charge in [-0.05, 0) is 90.4 Å². The quantitative estimate of drug-likeness (QED) is 0.167. The molecule has 0 saturated heterocycles. The second kappa shape index (κ2) is 13.3. The van der Waals surface area contributed by atoms with E-state index in [-0.39, 0.29) is 0 Å². The predicted octanol–water partition coefficient (Wildman–Crippen LogP) is 8.73. The minimum atomic E-state index is -1.55. The Morgan fingerprint density at radius 2 is 1.51 bits per heavy atom. The van der Waals surface area contributed by atoms with Crippen LogP contribution in [-0.2, 0) is 0 Å². The highest BCUT2D eigenvalue weighted by atomic mass is 32.2. The van der Waals surface area contributed by atoms with Crippen LogP contribution >= 0.6 is 23.5 Å². The van der Waals surface area contributed by atoms with Crippen LogP contribution in [0.5, 0.6) is 0 Å². The Hall–Kier alpha value is -0.363. The summed E-state index contributed by atoms with van der Waals surface area (Å²) in [5, 5.41) is 0. The van der Waals surface area contributed by atoms with Gasteiger partial charge in [-0.15, -0.1) is 0 Å². The van der Waals surface area contributed by atoms with E-state index in [2.05, 4.69) is 105 Å². The SMILES string of the molecule is CCSCCN(CCSCC)C1CC([Si](C)(C)C2CCC3C4=C(CCCC4)C(N(C)C)=CC32)C2C=CC=CC21. The number of rotatable bonds is 12. The average Bonchev–Trinajstić information content (AvgIpc) is 3.55. The van der Waals surface area contributed by atoms with E-state index in [1.165, 1.54) is 81.0 Å². The summed E-state index contributed by atoms with van der Waals surface area (Å²) in [5.41, 5.74) is 7.06. The van der Waals surface area contributed by atoms with Crippen molar-refractivity contribution in [3.8, 4) is 0 Å². The standard InChI is InChI=1S/C34H56N2S2Si/c1-7-37-21-19-36(20-22-38-8-2)32-24-34(29-16-12-11-15-28(29)32)39(5,6)33-18-17-26-25-13-9-10-14-27(25)31(35(3)4)23-30(26)33/h11-12,15-16,23,26,28-30,32-34H,7-10,13-14,17-22,24H2,1-6H3. The van der Waals surface area contributed by atoms with Crippen LogP contribution in [0.3, 0.4) is 0 Å². The molecule has 5 aliphatic carbocycles. The van der Waals surface area contributed by atoms with Gasteiger partial charge in [0.05, 0.1) is 8.07 Å². The van der Waals surface area contributed by atoms with Crippen LogP contribution in [0.25, 0.3) is 0 Å².